The number of hydrogen-bond acceptors (Lipinski definition) is 4. The predicted molar refractivity (Wildman–Crippen MR) is 123 cm³/mol. The molecule has 1 aromatic heterocycles. The Bertz CT molecular complexity index is 1280. The van der Waals surface area contributed by atoms with Crippen LogP contribution in [0.4, 0.5) is 0 Å². The Morgan fingerprint density at radius 2 is 1.50 bits per heavy atom. The number of hydrogen-bond donors (Lipinski definition) is 1. The highest BCUT2D eigenvalue weighted by Gasteiger charge is 2.15. The molecule has 152 valence electrons. The van der Waals surface area contributed by atoms with Crippen molar-refractivity contribution in [1.82, 2.24) is 9.78 Å². The second kappa shape index (κ2) is 8.28. The second-order valence-electron chi connectivity index (χ2n) is 6.60. The normalized spacial score (nSPS) is 11.6. The van der Waals surface area contributed by atoms with Crippen LogP contribution in [0, 0.1) is 0 Å². The molecule has 0 bridgehead atoms. The van der Waals surface area contributed by atoms with E-state index in [1.54, 1.807) is 28.6 Å². The van der Waals surface area contributed by atoms with Crippen molar-refractivity contribution in [1.29, 1.82) is 0 Å². The molecule has 1 heterocycles. The van der Waals surface area contributed by atoms with E-state index in [2.05, 4.69) is 12.1 Å². The van der Waals surface area contributed by atoms with Gasteiger partial charge in [0, 0.05) is 21.0 Å². The molecule has 30 heavy (non-hydrogen) atoms. The summed E-state index contributed by atoms with van der Waals surface area (Å²) in [5.41, 5.74) is 4.32. The fourth-order valence-corrected chi connectivity index (χ4v) is 4.13. The first-order chi connectivity index (χ1) is 14.3. The van der Waals surface area contributed by atoms with Crippen LogP contribution < -0.4 is 5.14 Å². The Labute approximate surface area is 184 Å². The topological polar surface area (TPSA) is 78.0 Å². The molecule has 0 unspecified atom stereocenters. The Morgan fingerprint density at radius 1 is 0.900 bits per heavy atom. The van der Waals surface area contributed by atoms with Crippen molar-refractivity contribution < 1.29 is 8.42 Å². The molecule has 0 aliphatic heterocycles. The highest BCUT2D eigenvalue weighted by molar-refractivity contribution is 7.98. The van der Waals surface area contributed by atoms with Gasteiger partial charge in [-0.1, -0.05) is 35.9 Å². The molecule has 0 radical (unpaired) electrons. The molecule has 4 aromatic rings. The van der Waals surface area contributed by atoms with Gasteiger partial charge in [0.1, 0.15) is 0 Å². The minimum atomic E-state index is -3.76. The highest BCUT2D eigenvalue weighted by Crippen LogP contribution is 2.30. The third-order valence-corrected chi connectivity index (χ3v) is 6.57. The van der Waals surface area contributed by atoms with Gasteiger partial charge in [-0.05, 0) is 60.9 Å². The minimum absolute atomic E-state index is 0.0549. The van der Waals surface area contributed by atoms with Crippen LogP contribution in [0.5, 0.6) is 0 Å². The van der Waals surface area contributed by atoms with Crippen LogP contribution in [0.3, 0.4) is 0 Å². The summed E-state index contributed by atoms with van der Waals surface area (Å²) in [6, 6.07) is 24.0. The van der Waals surface area contributed by atoms with Gasteiger partial charge in [-0.15, -0.1) is 11.8 Å². The molecule has 0 saturated heterocycles. The largest absolute Gasteiger partial charge is 0.238 e. The lowest BCUT2D eigenvalue weighted by molar-refractivity contribution is 0.598. The van der Waals surface area contributed by atoms with Crippen molar-refractivity contribution in [2.75, 3.05) is 6.26 Å². The standard InChI is InChI=1S/C22H18ClN3O2S2/c1-29-19-10-4-15(5-11-19)21-14-22(16-2-6-17(23)7-3-16)26(25-21)18-8-12-20(13-9-18)30(24,27)28/h2-14H,1H3,(H2,24,27,28). The van der Waals surface area contributed by atoms with Crippen molar-refractivity contribution in [3.8, 4) is 28.2 Å². The van der Waals surface area contributed by atoms with E-state index >= 15 is 0 Å². The van der Waals surface area contributed by atoms with Gasteiger partial charge in [-0.2, -0.15) is 5.10 Å². The molecule has 0 fully saturated rings. The van der Waals surface area contributed by atoms with Gasteiger partial charge < -0.3 is 0 Å². The van der Waals surface area contributed by atoms with Gasteiger partial charge in [0.2, 0.25) is 10.0 Å². The quantitative estimate of drug-likeness (QED) is 0.418. The van der Waals surface area contributed by atoms with Crippen LogP contribution in [0.15, 0.2) is 88.7 Å². The molecule has 0 saturated carbocycles. The van der Waals surface area contributed by atoms with E-state index in [1.165, 1.54) is 17.0 Å². The van der Waals surface area contributed by atoms with E-state index in [0.29, 0.717) is 5.02 Å². The first kappa shape index (κ1) is 20.7. The zero-order valence-corrected chi connectivity index (χ0v) is 18.4. The predicted octanol–water partition coefficient (Wildman–Crippen LogP) is 5.23. The second-order valence-corrected chi connectivity index (χ2v) is 9.48. The monoisotopic (exact) mass is 455 g/mol. The molecule has 0 aliphatic carbocycles. The molecule has 5 nitrogen and oxygen atoms in total. The molecule has 0 amide bonds. The Morgan fingerprint density at radius 3 is 2.07 bits per heavy atom. The van der Waals surface area contributed by atoms with E-state index in [-0.39, 0.29) is 4.90 Å². The molecule has 0 spiro atoms. The van der Waals surface area contributed by atoms with Gasteiger partial charge in [-0.25, -0.2) is 18.2 Å². The summed E-state index contributed by atoms with van der Waals surface area (Å²) in [6.45, 7) is 0. The lowest BCUT2D eigenvalue weighted by Gasteiger charge is -2.08. The van der Waals surface area contributed by atoms with Crippen LogP contribution in [0.1, 0.15) is 0 Å². The number of primary sulfonamides is 1. The van der Waals surface area contributed by atoms with E-state index in [9.17, 15) is 8.42 Å². The van der Waals surface area contributed by atoms with Crippen LogP contribution in [0.25, 0.3) is 28.2 Å². The Kier molecular flexibility index (Phi) is 5.71. The van der Waals surface area contributed by atoms with E-state index < -0.39 is 10.0 Å². The summed E-state index contributed by atoms with van der Waals surface area (Å²) in [5.74, 6) is 0. The third kappa shape index (κ3) is 4.29. The number of nitrogens with two attached hydrogens (primary N) is 1. The Hall–Kier alpha value is -2.58. The third-order valence-electron chi connectivity index (χ3n) is 4.64. The first-order valence-electron chi connectivity index (χ1n) is 8.99. The molecular formula is C22H18ClN3O2S2. The number of aromatic nitrogens is 2. The molecule has 4 rings (SSSR count). The van der Waals surface area contributed by atoms with Crippen LogP contribution in [-0.4, -0.2) is 24.5 Å². The number of nitrogens with zero attached hydrogens (tertiary/aromatic N) is 2. The van der Waals surface area contributed by atoms with Gasteiger partial charge in [-0.3, -0.25) is 0 Å². The molecule has 0 atom stereocenters. The SMILES string of the molecule is CSc1ccc(-c2cc(-c3ccc(Cl)cc3)n(-c3ccc(S(N)(=O)=O)cc3)n2)cc1. The highest BCUT2D eigenvalue weighted by atomic mass is 35.5. The molecule has 0 aliphatic rings. The molecule has 3 aromatic carbocycles. The number of halogens is 1. The summed E-state index contributed by atoms with van der Waals surface area (Å²) >= 11 is 7.73. The summed E-state index contributed by atoms with van der Waals surface area (Å²) in [7, 11) is -3.76. The van der Waals surface area contributed by atoms with E-state index in [0.717, 1.165) is 28.2 Å². The Balaban J connectivity index is 1.84. The maximum atomic E-state index is 11.6. The zero-order chi connectivity index (χ0) is 21.3. The van der Waals surface area contributed by atoms with Crippen molar-refractivity contribution in [2.45, 2.75) is 9.79 Å². The fraction of sp³-hybridized carbons (Fsp3) is 0.0455. The van der Waals surface area contributed by atoms with Crippen LogP contribution >= 0.6 is 23.4 Å². The summed E-state index contributed by atoms with van der Waals surface area (Å²) in [6.07, 6.45) is 2.04. The lowest BCUT2D eigenvalue weighted by Crippen LogP contribution is -2.12. The van der Waals surface area contributed by atoms with Crippen molar-refractivity contribution >= 4 is 33.4 Å². The summed E-state index contributed by atoms with van der Waals surface area (Å²) < 4.78 is 25.0. The smallest absolute Gasteiger partial charge is 0.232 e. The summed E-state index contributed by atoms with van der Waals surface area (Å²) in [5, 5.41) is 10.7. The fourth-order valence-electron chi connectivity index (χ4n) is 3.08. The average Bonchev–Trinajstić information content (AvgIpc) is 3.19. The van der Waals surface area contributed by atoms with Gasteiger partial charge >= 0.3 is 0 Å². The van der Waals surface area contributed by atoms with Crippen molar-refractivity contribution in [3.63, 3.8) is 0 Å². The first-order valence-corrected chi connectivity index (χ1v) is 12.1. The van der Waals surface area contributed by atoms with E-state index in [1.807, 2.05) is 48.7 Å². The average molecular weight is 456 g/mol. The summed E-state index contributed by atoms with van der Waals surface area (Å²) in [4.78, 5) is 1.23. The molecule has 8 heteroatoms. The van der Waals surface area contributed by atoms with E-state index in [4.69, 9.17) is 21.8 Å². The molecular weight excluding hydrogens is 438 g/mol. The minimum Gasteiger partial charge on any atom is -0.232 e. The van der Waals surface area contributed by atoms with Crippen LogP contribution in [0.2, 0.25) is 5.02 Å². The van der Waals surface area contributed by atoms with Crippen molar-refractivity contribution in [3.05, 3.63) is 83.9 Å². The lowest BCUT2D eigenvalue weighted by atomic mass is 10.1. The number of rotatable bonds is 5. The maximum Gasteiger partial charge on any atom is 0.238 e. The maximum absolute atomic E-state index is 11.6. The van der Waals surface area contributed by atoms with Crippen LogP contribution in [-0.2, 0) is 10.0 Å². The van der Waals surface area contributed by atoms with Gasteiger partial charge in [0.05, 0.1) is 22.0 Å². The van der Waals surface area contributed by atoms with Gasteiger partial charge in [0.25, 0.3) is 0 Å². The number of thioether (sulfide) groups is 1. The zero-order valence-electron chi connectivity index (χ0n) is 16.0. The molecule has 2 N–H and O–H groups in total. The number of sulfonamides is 1. The van der Waals surface area contributed by atoms with Gasteiger partial charge in [0.15, 0.2) is 0 Å². The number of benzene rings is 3. The van der Waals surface area contributed by atoms with Crippen molar-refractivity contribution in [2.24, 2.45) is 5.14 Å².